The summed E-state index contributed by atoms with van der Waals surface area (Å²) in [5, 5.41) is 10.9. The number of rotatable bonds is 5. The van der Waals surface area contributed by atoms with Crippen LogP contribution in [0.4, 0.5) is 0 Å². The van der Waals surface area contributed by atoms with Crippen molar-refractivity contribution < 1.29 is 4.79 Å². The number of halogens is 1. The molecule has 0 aliphatic heterocycles. The summed E-state index contributed by atoms with van der Waals surface area (Å²) >= 11 is 5.75. The van der Waals surface area contributed by atoms with Crippen molar-refractivity contribution in [3.63, 3.8) is 0 Å². The van der Waals surface area contributed by atoms with Crippen molar-refractivity contribution in [3.8, 4) is 0 Å². The quantitative estimate of drug-likeness (QED) is 0.836. The van der Waals surface area contributed by atoms with E-state index in [9.17, 15) is 4.79 Å². The fourth-order valence-corrected chi connectivity index (χ4v) is 1.95. The van der Waals surface area contributed by atoms with Gasteiger partial charge in [0.25, 0.3) is 5.91 Å². The number of hydrogen-bond acceptors (Lipinski definition) is 3. The minimum absolute atomic E-state index is 0.0860. The smallest absolute Gasteiger partial charge is 0.253 e. The van der Waals surface area contributed by atoms with Gasteiger partial charge >= 0.3 is 0 Å². The van der Waals surface area contributed by atoms with Crippen LogP contribution in [0.15, 0.2) is 6.07 Å². The molecule has 0 fully saturated rings. The summed E-state index contributed by atoms with van der Waals surface area (Å²) in [6, 6.07) is 1.85. The fourth-order valence-electron chi connectivity index (χ4n) is 1.72. The highest BCUT2D eigenvalue weighted by molar-refractivity contribution is 6.17. The minimum Gasteiger partial charge on any atom is -0.349 e. The van der Waals surface area contributed by atoms with Crippen LogP contribution in [0.2, 0.25) is 0 Å². The molecule has 0 aliphatic carbocycles. The van der Waals surface area contributed by atoms with E-state index >= 15 is 0 Å². The molecule has 1 rings (SSSR count). The number of carbonyl (C=O) groups is 1. The lowest BCUT2D eigenvalue weighted by atomic mass is 10.0. The highest BCUT2D eigenvalue weighted by Gasteiger charge is 2.18. The van der Waals surface area contributed by atoms with Gasteiger partial charge in [-0.2, -0.15) is 10.2 Å². The molecule has 100 valence electrons. The standard InChI is InChI=1S/C13H20ClN3O/c1-8(2)12(5-6-14)15-13(18)11-7-9(3)16-17-10(11)4/h7-8,12H,5-6H2,1-4H3,(H,15,18). The van der Waals surface area contributed by atoms with Crippen LogP contribution in [-0.2, 0) is 0 Å². The first-order valence-electron chi connectivity index (χ1n) is 6.13. The van der Waals surface area contributed by atoms with Gasteiger partial charge in [-0.15, -0.1) is 11.6 Å². The van der Waals surface area contributed by atoms with E-state index < -0.39 is 0 Å². The van der Waals surface area contributed by atoms with Gasteiger partial charge in [-0.1, -0.05) is 13.8 Å². The molecule has 0 radical (unpaired) electrons. The molecule has 1 atom stereocenters. The van der Waals surface area contributed by atoms with Gasteiger partial charge in [-0.25, -0.2) is 0 Å². The summed E-state index contributed by atoms with van der Waals surface area (Å²) < 4.78 is 0. The number of nitrogens with one attached hydrogen (secondary N) is 1. The van der Waals surface area contributed by atoms with Crippen molar-refractivity contribution in [2.45, 2.75) is 40.2 Å². The summed E-state index contributed by atoms with van der Waals surface area (Å²) in [4.78, 5) is 12.2. The Morgan fingerprint density at radius 3 is 2.61 bits per heavy atom. The summed E-state index contributed by atoms with van der Waals surface area (Å²) in [6.45, 7) is 7.75. The molecule has 0 spiro atoms. The van der Waals surface area contributed by atoms with Crippen molar-refractivity contribution in [3.05, 3.63) is 23.0 Å². The Labute approximate surface area is 113 Å². The summed E-state index contributed by atoms with van der Waals surface area (Å²) in [6.07, 6.45) is 0.765. The van der Waals surface area contributed by atoms with Crippen LogP contribution in [0.3, 0.4) is 0 Å². The molecule has 18 heavy (non-hydrogen) atoms. The van der Waals surface area contributed by atoms with Crippen LogP contribution >= 0.6 is 11.6 Å². The maximum absolute atomic E-state index is 12.2. The van der Waals surface area contributed by atoms with Crippen molar-refractivity contribution >= 4 is 17.5 Å². The second-order valence-corrected chi connectivity index (χ2v) is 5.16. The normalized spacial score (nSPS) is 12.6. The Bertz CT molecular complexity index is 421. The SMILES string of the molecule is Cc1cc(C(=O)NC(CCCl)C(C)C)c(C)nn1. The van der Waals surface area contributed by atoms with Crippen molar-refractivity contribution in [2.75, 3.05) is 5.88 Å². The molecular weight excluding hydrogens is 250 g/mol. The molecule has 1 amide bonds. The molecule has 1 aromatic heterocycles. The second-order valence-electron chi connectivity index (χ2n) is 4.79. The number of hydrogen-bond donors (Lipinski definition) is 1. The monoisotopic (exact) mass is 269 g/mol. The van der Waals surface area contributed by atoms with Crippen molar-refractivity contribution in [1.82, 2.24) is 15.5 Å². The first kappa shape index (κ1) is 14.9. The topological polar surface area (TPSA) is 54.9 Å². The molecule has 5 heteroatoms. The third-order valence-corrected chi connectivity index (χ3v) is 3.10. The third-order valence-electron chi connectivity index (χ3n) is 2.89. The van der Waals surface area contributed by atoms with Crippen LogP contribution in [0.5, 0.6) is 0 Å². The van der Waals surface area contributed by atoms with E-state index in [1.54, 1.807) is 13.0 Å². The van der Waals surface area contributed by atoms with Crippen molar-refractivity contribution in [1.29, 1.82) is 0 Å². The number of alkyl halides is 1. The van der Waals surface area contributed by atoms with Gasteiger partial charge in [0.15, 0.2) is 0 Å². The number of aryl methyl sites for hydroxylation is 2. The first-order chi connectivity index (χ1) is 8.45. The molecule has 4 nitrogen and oxygen atoms in total. The maximum Gasteiger partial charge on any atom is 0.253 e. The molecule has 0 bridgehead atoms. The summed E-state index contributed by atoms with van der Waals surface area (Å²) in [5.41, 5.74) is 1.97. The van der Waals surface area contributed by atoms with Gasteiger partial charge in [-0.05, 0) is 32.3 Å². The molecule has 0 aromatic carbocycles. The Kier molecular flexibility index (Phi) is 5.54. The Balaban J connectivity index is 2.83. The zero-order valence-corrected chi connectivity index (χ0v) is 12.1. The molecule has 1 aromatic rings. The molecule has 0 saturated carbocycles. The van der Waals surface area contributed by atoms with E-state index in [-0.39, 0.29) is 11.9 Å². The number of amides is 1. The Morgan fingerprint density at radius 2 is 2.06 bits per heavy atom. The molecular formula is C13H20ClN3O. The maximum atomic E-state index is 12.2. The average molecular weight is 270 g/mol. The fraction of sp³-hybridized carbons (Fsp3) is 0.615. The predicted octanol–water partition coefficient (Wildman–Crippen LogP) is 2.48. The van der Waals surface area contributed by atoms with Crippen molar-refractivity contribution in [2.24, 2.45) is 5.92 Å². The van der Waals surface area contributed by atoms with Crippen LogP contribution < -0.4 is 5.32 Å². The Hall–Kier alpha value is -1.16. The third kappa shape index (κ3) is 3.95. The average Bonchev–Trinajstić information content (AvgIpc) is 2.31. The lowest BCUT2D eigenvalue weighted by Gasteiger charge is -2.21. The van der Waals surface area contributed by atoms with Crippen LogP contribution in [-0.4, -0.2) is 28.0 Å². The van der Waals surface area contributed by atoms with E-state index in [4.69, 9.17) is 11.6 Å². The van der Waals surface area contributed by atoms with Gasteiger partial charge in [0.2, 0.25) is 0 Å². The van der Waals surface area contributed by atoms with Crippen LogP contribution in [0.25, 0.3) is 0 Å². The second kappa shape index (κ2) is 6.69. The Morgan fingerprint density at radius 1 is 1.39 bits per heavy atom. The van der Waals surface area contributed by atoms with Gasteiger partial charge < -0.3 is 5.32 Å². The van der Waals surface area contributed by atoms with E-state index in [1.807, 2.05) is 6.92 Å². The van der Waals surface area contributed by atoms with E-state index in [0.717, 1.165) is 12.1 Å². The van der Waals surface area contributed by atoms with Gasteiger partial charge in [0, 0.05) is 11.9 Å². The lowest BCUT2D eigenvalue weighted by Crippen LogP contribution is -2.39. The van der Waals surface area contributed by atoms with Gasteiger partial charge in [0.05, 0.1) is 17.0 Å². The molecule has 1 heterocycles. The zero-order chi connectivity index (χ0) is 13.7. The van der Waals surface area contributed by atoms with Gasteiger partial charge in [-0.3, -0.25) is 4.79 Å². The zero-order valence-electron chi connectivity index (χ0n) is 11.3. The van der Waals surface area contributed by atoms with E-state index in [1.165, 1.54) is 0 Å². The summed E-state index contributed by atoms with van der Waals surface area (Å²) in [5.74, 6) is 0.786. The number of aromatic nitrogens is 2. The highest BCUT2D eigenvalue weighted by atomic mass is 35.5. The van der Waals surface area contributed by atoms with E-state index in [2.05, 4.69) is 29.4 Å². The lowest BCUT2D eigenvalue weighted by molar-refractivity contribution is 0.0923. The largest absolute Gasteiger partial charge is 0.349 e. The molecule has 1 N–H and O–H groups in total. The highest BCUT2D eigenvalue weighted by Crippen LogP contribution is 2.10. The van der Waals surface area contributed by atoms with Crippen LogP contribution in [0, 0.1) is 19.8 Å². The number of nitrogens with zero attached hydrogens (tertiary/aromatic N) is 2. The summed E-state index contributed by atoms with van der Waals surface area (Å²) in [7, 11) is 0. The molecule has 0 aliphatic rings. The first-order valence-corrected chi connectivity index (χ1v) is 6.67. The number of carbonyl (C=O) groups excluding carboxylic acids is 1. The van der Waals surface area contributed by atoms with E-state index in [0.29, 0.717) is 23.1 Å². The predicted molar refractivity (Wildman–Crippen MR) is 72.9 cm³/mol. The molecule has 1 unspecified atom stereocenters. The van der Waals surface area contributed by atoms with Crippen LogP contribution in [0.1, 0.15) is 42.0 Å². The molecule has 0 saturated heterocycles. The minimum atomic E-state index is -0.102. The van der Waals surface area contributed by atoms with Gasteiger partial charge in [0.1, 0.15) is 0 Å².